The van der Waals surface area contributed by atoms with Crippen LogP contribution in [-0.2, 0) is 5.41 Å². The number of carbonyl (C=O) groups is 1. The van der Waals surface area contributed by atoms with E-state index in [4.69, 9.17) is 0 Å². The summed E-state index contributed by atoms with van der Waals surface area (Å²) in [5, 5.41) is 2.98. The molecule has 0 radical (unpaired) electrons. The van der Waals surface area contributed by atoms with Gasteiger partial charge in [0.1, 0.15) is 0 Å². The molecule has 1 aliphatic carbocycles. The van der Waals surface area contributed by atoms with Gasteiger partial charge in [0.15, 0.2) is 0 Å². The van der Waals surface area contributed by atoms with Gasteiger partial charge in [0, 0.05) is 36.2 Å². The van der Waals surface area contributed by atoms with E-state index in [0.29, 0.717) is 12.1 Å². The Kier molecular flexibility index (Phi) is 2.99. The summed E-state index contributed by atoms with van der Waals surface area (Å²) in [5.41, 5.74) is 1.71. The molecule has 4 nitrogen and oxygen atoms in total. The first-order valence-corrected chi connectivity index (χ1v) is 6.40. The van der Waals surface area contributed by atoms with Gasteiger partial charge in [-0.2, -0.15) is 0 Å². The predicted octanol–water partition coefficient (Wildman–Crippen LogP) is 1.94. The molecule has 2 aromatic heterocycles. The van der Waals surface area contributed by atoms with E-state index in [1.54, 1.807) is 30.7 Å². The maximum atomic E-state index is 12.0. The Bertz CT molecular complexity index is 564. The minimum atomic E-state index is -0.0738. The number of nitrogens with one attached hydrogen (secondary N) is 1. The molecule has 0 unspecified atom stereocenters. The molecule has 0 aliphatic heterocycles. The Hall–Kier alpha value is -2.23. The van der Waals surface area contributed by atoms with Crippen LogP contribution >= 0.6 is 0 Å². The number of carbonyl (C=O) groups excluding carboxylic acids is 1. The van der Waals surface area contributed by atoms with Crippen LogP contribution in [0.2, 0.25) is 0 Å². The molecule has 0 atom stereocenters. The molecule has 4 heteroatoms. The van der Waals surface area contributed by atoms with Crippen molar-refractivity contribution in [2.24, 2.45) is 0 Å². The molecule has 0 saturated heterocycles. The SMILES string of the molecule is O=C(NCC1(c2ccccn2)CC1)c1cccnc1. The standard InChI is InChI=1S/C15H15N3O/c19-14(12-4-3-8-16-10-12)18-11-15(6-7-15)13-5-1-2-9-17-13/h1-5,8-10H,6-7,11H2,(H,18,19). The Balaban J connectivity index is 1.66. The number of aromatic nitrogens is 2. The van der Waals surface area contributed by atoms with Crippen molar-refractivity contribution in [3.8, 4) is 0 Å². The van der Waals surface area contributed by atoms with Gasteiger partial charge in [-0.15, -0.1) is 0 Å². The highest BCUT2D eigenvalue weighted by atomic mass is 16.1. The Morgan fingerprint density at radius 1 is 1.21 bits per heavy atom. The molecule has 96 valence electrons. The largest absolute Gasteiger partial charge is 0.351 e. The monoisotopic (exact) mass is 253 g/mol. The molecule has 0 aromatic carbocycles. The summed E-state index contributed by atoms with van der Waals surface area (Å²) in [6.07, 6.45) is 7.20. The first kappa shape index (κ1) is 11.8. The highest BCUT2D eigenvalue weighted by Crippen LogP contribution is 2.46. The first-order valence-electron chi connectivity index (χ1n) is 6.40. The lowest BCUT2D eigenvalue weighted by molar-refractivity contribution is 0.0949. The molecule has 19 heavy (non-hydrogen) atoms. The fraction of sp³-hybridized carbons (Fsp3) is 0.267. The van der Waals surface area contributed by atoms with Gasteiger partial charge in [-0.3, -0.25) is 14.8 Å². The second-order valence-electron chi connectivity index (χ2n) is 4.92. The van der Waals surface area contributed by atoms with E-state index in [1.807, 2.05) is 18.2 Å². The van der Waals surface area contributed by atoms with Crippen LogP contribution in [0.15, 0.2) is 48.9 Å². The van der Waals surface area contributed by atoms with Crippen molar-refractivity contribution in [3.63, 3.8) is 0 Å². The summed E-state index contributed by atoms with van der Waals surface area (Å²) >= 11 is 0. The summed E-state index contributed by atoms with van der Waals surface area (Å²) < 4.78 is 0. The molecular formula is C15H15N3O. The molecular weight excluding hydrogens is 238 g/mol. The minimum absolute atomic E-state index is 0.0408. The summed E-state index contributed by atoms with van der Waals surface area (Å²) in [4.78, 5) is 20.3. The number of hydrogen-bond acceptors (Lipinski definition) is 3. The highest BCUT2D eigenvalue weighted by Gasteiger charge is 2.45. The van der Waals surface area contributed by atoms with Gasteiger partial charge in [-0.1, -0.05) is 6.07 Å². The molecule has 1 aliphatic rings. The zero-order chi connectivity index (χ0) is 13.1. The molecule has 2 heterocycles. The first-order chi connectivity index (χ1) is 9.30. The lowest BCUT2D eigenvalue weighted by atomic mass is 10.0. The third-order valence-corrected chi connectivity index (χ3v) is 3.57. The number of rotatable bonds is 4. The summed E-state index contributed by atoms with van der Waals surface area (Å²) in [7, 11) is 0. The van der Waals surface area contributed by atoms with Crippen LogP contribution in [0, 0.1) is 0 Å². The minimum Gasteiger partial charge on any atom is -0.351 e. The Morgan fingerprint density at radius 3 is 2.74 bits per heavy atom. The van der Waals surface area contributed by atoms with Gasteiger partial charge < -0.3 is 5.32 Å². The van der Waals surface area contributed by atoms with Crippen molar-refractivity contribution in [2.75, 3.05) is 6.54 Å². The molecule has 2 aromatic rings. The van der Waals surface area contributed by atoms with Crippen LogP contribution < -0.4 is 5.32 Å². The lowest BCUT2D eigenvalue weighted by Crippen LogP contribution is -2.32. The second-order valence-corrected chi connectivity index (χ2v) is 4.92. The maximum absolute atomic E-state index is 12.0. The van der Waals surface area contributed by atoms with Gasteiger partial charge in [0.25, 0.3) is 5.91 Å². The topological polar surface area (TPSA) is 54.9 Å². The Labute approximate surface area is 111 Å². The van der Waals surface area contributed by atoms with E-state index < -0.39 is 0 Å². The summed E-state index contributed by atoms with van der Waals surface area (Å²) in [6, 6.07) is 9.46. The zero-order valence-corrected chi connectivity index (χ0v) is 10.5. The molecule has 1 saturated carbocycles. The van der Waals surface area contributed by atoms with Crippen molar-refractivity contribution < 1.29 is 4.79 Å². The van der Waals surface area contributed by atoms with Gasteiger partial charge in [0.2, 0.25) is 0 Å². The van der Waals surface area contributed by atoms with E-state index in [0.717, 1.165) is 18.5 Å². The molecule has 1 N–H and O–H groups in total. The fourth-order valence-electron chi connectivity index (χ4n) is 2.20. The number of pyridine rings is 2. The van der Waals surface area contributed by atoms with Crippen LogP contribution in [0.25, 0.3) is 0 Å². The van der Waals surface area contributed by atoms with Crippen LogP contribution in [0.5, 0.6) is 0 Å². The van der Waals surface area contributed by atoms with Gasteiger partial charge in [-0.25, -0.2) is 0 Å². The van der Waals surface area contributed by atoms with E-state index >= 15 is 0 Å². The van der Waals surface area contributed by atoms with E-state index in [9.17, 15) is 4.79 Å². The average molecular weight is 253 g/mol. The number of nitrogens with zero attached hydrogens (tertiary/aromatic N) is 2. The van der Waals surface area contributed by atoms with Crippen molar-refractivity contribution in [1.82, 2.24) is 15.3 Å². The molecule has 1 amide bonds. The number of hydrogen-bond donors (Lipinski definition) is 1. The van der Waals surface area contributed by atoms with E-state index in [1.165, 1.54) is 0 Å². The lowest BCUT2D eigenvalue weighted by Gasteiger charge is -2.15. The van der Waals surface area contributed by atoms with Crippen molar-refractivity contribution in [1.29, 1.82) is 0 Å². The van der Waals surface area contributed by atoms with Crippen molar-refractivity contribution >= 4 is 5.91 Å². The maximum Gasteiger partial charge on any atom is 0.252 e. The summed E-state index contributed by atoms with van der Waals surface area (Å²) in [6.45, 7) is 0.637. The van der Waals surface area contributed by atoms with Crippen LogP contribution in [-0.4, -0.2) is 22.4 Å². The highest BCUT2D eigenvalue weighted by molar-refractivity contribution is 5.93. The summed E-state index contributed by atoms with van der Waals surface area (Å²) in [5.74, 6) is -0.0738. The molecule has 0 spiro atoms. The number of amides is 1. The normalized spacial score (nSPS) is 15.8. The zero-order valence-electron chi connectivity index (χ0n) is 10.5. The molecule has 3 rings (SSSR count). The van der Waals surface area contributed by atoms with E-state index in [-0.39, 0.29) is 11.3 Å². The molecule has 0 bridgehead atoms. The second kappa shape index (κ2) is 4.80. The third kappa shape index (κ3) is 2.47. The third-order valence-electron chi connectivity index (χ3n) is 3.57. The quantitative estimate of drug-likeness (QED) is 0.906. The fourth-order valence-corrected chi connectivity index (χ4v) is 2.20. The van der Waals surface area contributed by atoms with Crippen LogP contribution in [0.1, 0.15) is 28.9 Å². The van der Waals surface area contributed by atoms with Gasteiger partial charge >= 0.3 is 0 Å². The van der Waals surface area contributed by atoms with Crippen molar-refractivity contribution in [2.45, 2.75) is 18.3 Å². The van der Waals surface area contributed by atoms with Crippen molar-refractivity contribution in [3.05, 3.63) is 60.2 Å². The van der Waals surface area contributed by atoms with Gasteiger partial charge in [0.05, 0.1) is 5.56 Å². The van der Waals surface area contributed by atoms with Gasteiger partial charge in [-0.05, 0) is 37.1 Å². The van der Waals surface area contributed by atoms with Crippen LogP contribution in [0.4, 0.5) is 0 Å². The Morgan fingerprint density at radius 2 is 2.11 bits per heavy atom. The van der Waals surface area contributed by atoms with Crippen LogP contribution in [0.3, 0.4) is 0 Å². The molecule has 1 fully saturated rings. The predicted molar refractivity (Wildman–Crippen MR) is 71.7 cm³/mol. The average Bonchev–Trinajstić information content (AvgIpc) is 3.28. The van der Waals surface area contributed by atoms with E-state index in [2.05, 4.69) is 15.3 Å². The smallest absolute Gasteiger partial charge is 0.252 e.